The van der Waals surface area contributed by atoms with Crippen molar-refractivity contribution >= 4 is 17.7 Å². The largest absolute Gasteiger partial charge is 0.493 e. The summed E-state index contributed by atoms with van der Waals surface area (Å²) in [5.74, 6) is 1.20. The second-order valence-electron chi connectivity index (χ2n) is 4.68. The van der Waals surface area contributed by atoms with Crippen LogP contribution in [-0.4, -0.2) is 27.2 Å². The van der Waals surface area contributed by atoms with Gasteiger partial charge in [-0.25, -0.2) is 0 Å². The number of benzene rings is 2. The third-order valence-corrected chi connectivity index (χ3v) is 3.30. The molecule has 0 aliphatic heterocycles. The predicted octanol–water partition coefficient (Wildman–Crippen LogP) is 3.38. The van der Waals surface area contributed by atoms with E-state index in [0.717, 1.165) is 11.3 Å². The minimum atomic E-state index is -0.0963. The number of anilines is 1. The fourth-order valence-electron chi connectivity index (χ4n) is 2.01. The van der Waals surface area contributed by atoms with Crippen molar-refractivity contribution in [3.63, 3.8) is 0 Å². The molecule has 4 heteroatoms. The highest BCUT2D eigenvalue weighted by Gasteiger charge is 2.07. The van der Waals surface area contributed by atoms with Gasteiger partial charge in [-0.05, 0) is 35.9 Å². The van der Waals surface area contributed by atoms with Gasteiger partial charge in [0.15, 0.2) is 11.5 Å². The molecule has 0 radical (unpaired) electrons. The number of ether oxygens (including phenoxy) is 2. The van der Waals surface area contributed by atoms with Crippen LogP contribution in [0, 0.1) is 0 Å². The molecule has 1 amide bonds. The first-order valence-electron chi connectivity index (χ1n) is 6.88. The van der Waals surface area contributed by atoms with Crippen LogP contribution in [0.5, 0.6) is 11.5 Å². The molecule has 114 valence electrons. The van der Waals surface area contributed by atoms with Gasteiger partial charge in [0.05, 0.1) is 14.2 Å². The van der Waals surface area contributed by atoms with Crippen LogP contribution in [0.15, 0.2) is 54.6 Å². The number of carbonyl (C=O) groups is 1. The number of hydrogen-bond donors (Lipinski definition) is 0. The van der Waals surface area contributed by atoms with Crippen LogP contribution in [-0.2, 0) is 4.79 Å². The van der Waals surface area contributed by atoms with E-state index in [1.807, 2.05) is 48.5 Å². The average Bonchev–Trinajstić information content (AvgIpc) is 2.59. The number of likely N-dealkylation sites (N-methyl/N-ethyl adjacent to an activating group) is 1. The Hall–Kier alpha value is -2.75. The van der Waals surface area contributed by atoms with E-state index < -0.39 is 0 Å². The Morgan fingerprint density at radius 2 is 1.68 bits per heavy atom. The molecule has 0 bridgehead atoms. The monoisotopic (exact) mass is 297 g/mol. The minimum absolute atomic E-state index is 0.0963. The van der Waals surface area contributed by atoms with Gasteiger partial charge in [-0.2, -0.15) is 0 Å². The van der Waals surface area contributed by atoms with Crippen molar-refractivity contribution < 1.29 is 14.3 Å². The number of hydrogen-bond acceptors (Lipinski definition) is 3. The molecule has 2 aromatic carbocycles. The van der Waals surface area contributed by atoms with Gasteiger partial charge in [0.1, 0.15) is 0 Å². The zero-order chi connectivity index (χ0) is 15.9. The third-order valence-electron chi connectivity index (χ3n) is 3.30. The molecule has 2 rings (SSSR count). The smallest absolute Gasteiger partial charge is 0.250 e. The maximum absolute atomic E-state index is 12.2. The Morgan fingerprint density at radius 3 is 2.32 bits per heavy atom. The topological polar surface area (TPSA) is 38.8 Å². The summed E-state index contributed by atoms with van der Waals surface area (Å²) in [5, 5.41) is 0. The van der Waals surface area contributed by atoms with Gasteiger partial charge in [-0.3, -0.25) is 4.79 Å². The van der Waals surface area contributed by atoms with Gasteiger partial charge in [0, 0.05) is 18.8 Å². The summed E-state index contributed by atoms with van der Waals surface area (Å²) in [4.78, 5) is 13.8. The van der Waals surface area contributed by atoms with Crippen LogP contribution in [0.4, 0.5) is 5.69 Å². The molecule has 0 aliphatic carbocycles. The number of rotatable bonds is 5. The molecule has 0 saturated heterocycles. The molecule has 2 aromatic rings. The van der Waals surface area contributed by atoms with Crippen LogP contribution in [0.25, 0.3) is 6.08 Å². The van der Waals surface area contributed by atoms with Gasteiger partial charge in [-0.15, -0.1) is 0 Å². The van der Waals surface area contributed by atoms with Crippen LogP contribution in [0.2, 0.25) is 0 Å². The number of amides is 1. The maximum atomic E-state index is 12.2. The summed E-state index contributed by atoms with van der Waals surface area (Å²) in [6, 6.07) is 15.0. The molecular formula is C18H19NO3. The highest BCUT2D eigenvalue weighted by Crippen LogP contribution is 2.28. The molecule has 0 unspecified atom stereocenters. The molecule has 0 spiro atoms. The van der Waals surface area contributed by atoms with E-state index in [1.165, 1.54) is 6.08 Å². The van der Waals surface area contributed by atoms with Crippen molar-refractivity contribution in [2.24, 2.45) is 0 Å². The van der Waals surface area contributed by atoms with Crippen molar-refractivity contribution in [1.82, 2.24) is 0 Å². The van der Waals surface area contributed by atoms with Crippen LogP contribution >= 0.6 is 0 Å². The van der Waals surface area contributed by atoms with Crippen molar-refractivity contribution in [3.05, 3.63) is 60.2 Å². The average molecular weight is 297 g/mol. The summed E-state index contributed by atoms with van der Waals surface area (Å²) < 4.78 is 10.4. The fourth-order valence-corrected chi connectivity index (χ4v) is 2.01. The van der Waals surface area contributed by atoms with Gasteiger partial charge >= 0.3 is 0 Å². The van der Waals surface area contributed by atoms with E-state index in [-0.39, 0.29) is 5.91 Å². The number of nitrogens with zero attached hydrogens (tertiary/aromatic N) is 1. The predicted molar refractivity (Wildman–Crippen MR) is 88.4 cm³/mol. The van der Waals surface area contributed by atoms with Crippen molar-refractivity contribution in [2.75, 3.05) is 26.2 Å². The third kappa shape index (κ3) is 3.67. The molecule has 4 nitrogen and oxygen atoms in total. The van der Waals surface area contributed by atoms with E-state index >= 15 is 0 Å². The second kappa shape index (κ2) is 7.31. The molecule has 0 aromatic heterocycles. The lowest BCUT2D eigenvalue weighted by Crippen LogP contribution is -2.23. The Labute approximate surface area is 130 Å². The van der Waals surface area contributed by atoms with Crippen molar-refractivity contribution in [3.8, 4) is 11.5 Å². The minimum Gasteiger partial charge on any atom is -0.493 e. The molecule has 0 N–H and O–H groups in total. The lowest BCUT2D eigenvalue weighted by molar-refractivity contribution is -0.113. The summed E-state index contributed by atoms with van der Waals surface area (Å²) in [7, 11) is 4.92. The Bertz CT molecular complexity index is 665. The van der Waals surface area contributed by atoms with Gasteiger partial charge < -0.3 is 14.4 Å². The molecule has 0 saturated carbocycles. The molecule has 0 aliphatic rings. The first-order chi connectivity index (χ1) is 10.7. The number of para-hydroxylation sites is 1. The van der Waals surface area contributed by atoms with E-state index in [2.05, 4.69) is 0 Å². The lowest BCUT2D eigenvalue weighted by Gasteiger charge is -2.14. The zero-order valence-electron chi connectivity index (χ0n) is 12.9. The summed E-state index contributed by atoms with van der Waals surface area (Å²) in [5.41, 5.74) is 1.72. The molecular weight excluding hydrogens is 278 g/mol. The quantitative estimate of drug-likeness (QED) is 0.794. The van der Waals surface area contributed by atoms with Gasteiger partial charge in [0.25, 0.3) is 5.91 Å². The van der Waals surface area contributed by atoms with Crippen LogP contribution < -0.4 is 14.4 Å². The Balaban J connectivity index is 2.13. The Kier molecular flexibility index (Phi) is 5.20. The van der Waals surface area contributed by atoms with Crippen LogP contribution in [0.3, 0.4) is 0 Å². The van der Waals surface area contributed by atoms with E-state index in [4.69, 9.17) is 9.47 Å². The SMILES string of the molecule is COc1ccc(C=CC(=O)N(C)c2ccccc2)cc1OC. The summed E-state index contributed by atoms with van der Waals surface area (Å²) in [6.07, 6.45) is 3.29. The zero-order valence-corrected chi connectivity index (χ0v) is 12.9. The normalized spacial score (nSPS) is 10.5. The fraction of sp³-hybridized carbons (Fsp3) is 0.167. The highest BCUT2D eigenvalue weighted by molar-refractivity contribution is 6.03. The molecule has 0 atom stereocenters. The first kappa shape index (κ1) is 15.6. The highest BCUT2D eigenvalue weighted by atomic mass is 16.5. The summed E-state index contributed by atoms with van der Waals surface area (Å²) >= 11 is 0. The van der Waals surface area contributed by atoms with Gasteiger partial charge in [-0.1, -0.05) is 24.3 Å². The van der Waals surface area contributed by atoms with Crippen LogP contribution in [0.1, 0.15) is 5.56 Å². The molecule has 0 heterocycles. The van der Waals surface area contributed by atoms with Gasteiger partial charge in [0.2, 0.25) is 0 Å². The first-order valence-corrected chi connectivity index (χ1v) is 6.88. The molecule has 0 fully saturated rings. The molecule has 22 heavy (non-hydrogen) atoms. The lowest BCUT2D eigenvalue weighted by atomic mass is 10.2. The van der Waals surface area contributed by atoms with E-state index in [9.17, 15) is 4.79 Å². The second-order valence-corrected chi connectivity index (χ2v) is 4.68. The standard InChI is InChI=1S/C18H19NO3/c1-19(15-7-5-4-6-8-15)18(20)12-10-14-9-11-16(21-2)17(13-14)22-3/h4-13H,1-3H3. The van der Waals surface area contributed by atoms with Crippen molar-refractivity contribution in [1.29, 1.82) is 0 Å². The van der Waals surface area contributed by atoms with E-state index in [1.54, 1.807) is 32.2 Å². The number of methoxy groups -OCH3 is 2. The number of carbonyl (C=O) groups excluding carboxylic acids is 1. The maximum Gasteiger partial charge on any atom is 0.250 e. The van der Waals surface area contributed by atoms with Crippen molar-refractivity contribution in [2.45, 2.75) is 0 Å². The Morgan fingerprint density at radius 1 is 1.00 bits per heavy atom. The van der Waals surface area contributed by atoms with E-state index in [0.29, 0.717) is 11.5 Å². The summed E-state index contributed by atoms with van der Waals surface area (Å²) in [6.45, 7) is 0.